The number of alkyl halides is 1. The maximum absolute atomic E-state index is 5.78. The molecule has 0 spiro atoms. The molecule has 0 aliphatic heterocycles. The van der Waals surface area contributed by atoms with Crippen LogP contribution in [0.3, 0.4) is 0 Å². The molecule has 0 aromatic heterocycles. The van der Waals surface area contributed by atoms with Crippen LogP contribution in [0.4, 0.5) is 0 Å². The van der Waals surface area contributed by atoms with Crippen LogP contribution in [0, 0.1) is 0 Å². The summed E-state index contributed by atoms with van der Waals surface area (Å²) in [5.41, 5.74) is 0. The normalized spacial score (nSPS) is 11.8. The van der Waals surface area contributed by atoms with Crippen molar-refractivity contribution in [2.75, 3.05) is 12.0 Å². The van der Waals surface area contributed by atoms with Crippen molar-refractivity contribution in [1.29, 1.82) is 0 Å². The molecule has 0 saturated heterocycles. The van der Waals surface area contributed by atoms with E-state index in [0.717, 1.165) is 24.9 Å². The maximum atomic E-state index is 5.78. The van der Waals surface area contributed by atoms with Crippen molar-refractivity contribution in [2.45, 2.75) is 32.1 Å². The Labute approximate surface area is 182 Å². The first-order chi connectivity index (χ1) is 14.4. The molecule has 0 amide bonds. The molecule has 0 aliphatic rings. The summed E-state index contributed by atoms with van der Waals surface area (Å²) in [6.07, 6.45) is 11.9. The van der Waals surface area contributed by atoms with Gasteiger partial charge in [-0.05, 0) is 55.7 Å². The highest BCUT2D eigenvalue weighted by atomic mass is 35.5. The molecule has 0 nitrogen and oxygen atoms in total. The molecule has 29 heavy (non-hydrogen) atoms. The van der Waals surface area contributed by atoms with Gasteiger partial charge in [-0.1, -0.05) is 79.6 Å². The Morgan fingerprint density at radius 1 is 0.552 bits per heavy atom. The van der Waals surface area contributed by atoms with E-state index in [1.807, 2.05) is 0 Å². The van der Waals surface area contributed by atoms with Gasteiger partial charge in [0.1, 0.15) is 23.2 Å². The topological polar surface area (TPSA) is 0 Å². The highest BCUT2D eigenvalue weighted by Crippen LogP contribution is 2.55. The first kappa shape index (κ1) is 21.8. The average Bonchev–Trinajstić information content (AvgIpc) is 2.80. The molecule has 0 radical (unpaired) electrons. The molecule has 3 aromatic carbocycles. The number of unbranched alkanes of at least 4 members (excludes halogenated alkanes) is 4. The van der Waals surface area contributed by atoms with Crippen LogP contribution in [0.5, 0.6) is 0 Å². The molecular formula is C27H31ClP+. The van der Waals surface area contributed by atoms with Crippen molar-refractivity contribution in [1.82, 2.24) is 0 Å². The van der Waals surface area contributed by atoms with Crippen molar-refractivity contribution < 1.29 is 0 Å². The molecule has 3 aromatic rings. The van der Waals surface area contributed by atoms with Gasteiger partial charge in [0.2, 0.25) is 0 Å². The number of rotatable bonds is 11. The molecule has 0 atom stereocenters. The lowest BCUT2D eigenvalue weighted by atomic mass is 10.1. The summed E-state index contributed by atoms with van der Waals surface area (Å²) in [5.74, 6) is 0.786. The van der Waals surface area contributed by atoms with Gasteiger partial charge in [0.25, 0.3) is 0 Å². The zero-order chi connectivity index (χ0) is 20.2. The molecule has 0 unspecified atom stereocenters. The van der Waals surface area contributed by atoms with Crippen molar-refractivity contribution in [2.24, 2.45) is 0 Å². The van der Waals surface area contributed by atoms with E-state index in [2.05, 4.69) is 103 Å². The third kappa shape index (κ3) is 5.81. The van der Waals surface area contributed by atoms with E-state index >= 15 is 0 Å². The fraction of sp³-hybridized carbons (Fsp3) is 0.259. The number of hydrogen-bond acceptors (Lipinski definition) is 0. The predicted octanol–water partition coefficient (Wildman–Crippen LogP) is 6.73. The quantitative estimate of drug-likeness (QED) is 0.139. The largest absolute Gasteiger partial charge is 0.127 e. The Morgan fingerprint density at radius 2 is 1.00 bits per heavy atom. The van der Waals surface area contributed by atoms with Gasteiger partial charge in [-0.3, -0.25) is 0 Å². The summed E-state index contributed by atoms with van der Waals surface area (Å²) in [5, 5.41) is 4.34. The second-order valence-corrected chi connectivity index (χ2v) is 11.3. The number of benzene rings is 3. The minimum atomic E-state index is -1.72. The Hall–Kier alpha value is -1.88. The van der Waals surface area contributed by atoms with E-state index in [-0.39, 0.29) is 0 Å². The number of allylic oxidation sites excluding steroid dienone is 2. The Morgan fingerprint density at radius 3 is 1.45 bits per heavy atom. The molecule has 0 fully saturated rings. The summed E-state index contributed by atoms with van der Waals surface area (Å²) in [6.45, 7) is 0. The van der Waals surface area contributed by atoms with Crippen LogP contribution < -0.4 is 15.9 Å². The molecule has 3 rings (SSSR count). The smallest absolute Gasteiger partial charge is 0.115 e. The van der Waals surface area contributed by atoms with E-state index in [1.54, 1.807) is 0 Å². The molecule has 2 heteroatoms. The Balaban J connectivity index is 1.91. The van der Waals surface area contributed by atoms with Crippen LogP contribution in [0.15, 0.2) is 103 Å². The van der Waals surface area contributed by atoms with E-state index in [0.29, 0.717) is 0 Å². The van der Waals surface area contributed by atoms with Gasteiger partial charge < -0.3 is 0 Å². The van der Waals surface area contributed by atoms with Gasteiger partial charge in [-0.15, -0.1) is 11.6 Å². The van der Waals surface area contributed by atoms with E-state index in [4.69, 9.17) is 11.6 Å². The highest BCUT2D eigenvalue weighted by Gasteiger charge is 2.43. The summed E-state index contributed by atoms with van der Waals surface area (Å²) in [4.78, 5) is 0. The van der Waals surface area contributed by atoms with Gasteiger partial charge in [0.05, 0.1) is 6.16 Å². The first-order valence-electron chi connectivity index (χ1n) is 10.6. The molecule has 0 aliphatic carbocycles. The molecule has 0 heterocycles. The lowest BCUT2D eigenvalue weighted by Crippen LogP contribution is -2.32. The summed E-state index contributed by atoms with van der Waals surface area (Å²) in [7, 11) is -1.72. The predicted molar refractivity (Wildman–Crippen MR) is 133 cm³/mol. The third-order valence-electron chi connectivity index (χ3n) is 5.39. The molecule has 150 valence electrons. The second kappa shape index (κ2) is 12.0. The van der Waals surface area contributed by atoms with Gasteiger partial charge in [0.15, 0.2) is 0 Å². The van der Waals surface area contributed by atoms with Gasteiger partial charge in [-0.25, -0.2) is 0 Å². The SMILES string of the molecule is ClCCCCCC/C=C/C[P+](c1ccccc1)(c1ccccc1)c1ccccc1. The first-order valence-corrected chi connectivity index (χ1v) is 13.1. The van der Waals surface area contributed by atoms with Crippen molar-refractivity contribution in [3.05, 3.63) is 103 Å². The minimum Gasteiger partial charge on any atom is -0.127 e. The third-order valence-corrected chi connectivity index (χ3v) is 9.96. The summed E-state index contributed by atoms with van der Waals surface area (Å²) >= 11 is 5.78. The van der Waals surface area contributed by atoms with Crippen molar-refractivity contribution in [3.8, 4) is 0 Å². The standard InChI is InChI=1S/C27H31ClP/c28-23-15-4-2-1-3-5-16-24-29(25-17-9-6-10-18-25,26-19-11-7-12-20-26)27-21-13-8-14-22-27/h5-14,16-22H,1-4,15,23-24H2/q+1/b16-5+. The Bertz CT molecular complexity index is 747. The fourth-order valence-corrected chi connectivity index (χ4v) is 8.10. The lowest BCUT2D eigenvalue weighted by molar-refractivity contribution is 0.676. The Kier molecular flexibility index (Phi) is 9.00. The highest BCUT2D eigenvalue weighted by molar-refractivity contribution is 7.95. The van der Waals surface area contributed by atoms with Gasteiger partial charge in [-0.2, -0.15) is 0 Å². The zero-order valence-corrected chi connectivity index (χ0v) is 18.7. The fourth-order valence-electron chi connectivity index (χ4n) is 3.87. The van der Waals surface area contributed by atoms with Crippen LogP contribution in [-0.4, -0.2) is 12.0 Å². The van der Waals surface area contributed by atoms with E-state index < -0.39 is 7.26 Å². The molecule has 0 bridgehead atoms. The lowest BCUT2D eigenvalue weighted by Gasteiger charge is -2.26. The summed E-state index contributed by atoms with van der Waals surface area (Å²) in [6, 6.07) is 33.3. The maximum Gasteiger partial charge on any atom is 0.115 e. The molecule has 0 saturated carbocycles. The number of halogens is 1. The van der Waals surface area contributed by atoms with E-state index in [9.17, 15) is 0 Å². The van der Waals surface area contributed by atoms with E-state index in [1.165, 1.54) is 35.2 Å². The van der Waals surface area contributed by atoms with Crippen LogP contribution in [0.1, 0.15) is 32.1 Å². The monoisotopic (exact) mass is 421 g/mol. The van der Waals surface area contributed by atoms with Gasteiger partial charge in [0, 0.05) is 5.88 Å². The van der Waals surface area contributed by atoms with Crippen LogP contribution >= 0.6 is 18.9 Å². The van der Waals surface area contributed by atoms with Crippen molar-refractivity contribution >= 4 is 34.8 Å². The van der Waals surface area contributed by atoms with Crippen LogP contribution in [0.2, 0.25) is 0 Å². The minimum absolute atomic E-state index is 0.786. The van der Waals surface area contributed by atoms with Crippen LogP contribution in [0.25, 0.3) is 0 Å². The molecular weight excluding hydrogens is 391 g/mol. The van der Waals surface area contributed by atoms with Gasteiger partial charge >= 0.3 is 0 Å². The zero-order valence-electron chi connectivity index (χ0n) is 17.1. The molecule has 0 N–H and O–H groups in total. The van der Waals surface area contributed by atoms with Crippen molar-refractivity contribution in [3.63, 3.8) is 0 Å². The second-order valence-electron chi connectivity index (χ2n) is 7.36. The van der Waals surface area contributed by atoms with Crippen LogP contribution in [-0.2, 0) is 0 Å². The average molecular weight is 422 g/mol. The summed E-state index contributed by atoms with van der Waals surface area (Å²) < 4.78 is 0. The number of hydrogen-bond donors (Lipinski definition) is 0.